The number of aromatic amines is 2. The van der Waals surface area contributed by atoms with Crippen LogP contribution in [-0.2, 0) is 108 Å². The fourth-order valence-electron chi connectivity index (χ4n) is 11.7. The Morgan fingerprint density at radius 2 is 1.06 bits per heavy atom. The molecule has 0 aliphatic carbocycles. The lowest BCUT2D eigenvalue weighted by Crippen LogP contribution is -2.49. The molecule has 7 aromatic rings. The highest BCUT2D eigenvalue weighted by molar-refractivity contribution is 7.66. The molecule has 108 heavy (non-hydrogen) atoms. The van der Waals surface area contributed by atoms with E-state index in [9.17, 15) is 86.2 Å². The van der Waals surface area contributed by atoms with Crippen LogP contribution in [0.15, 0.2) is 58.3 Å². The van der Waals surface area contributed by atoms with Crippen LogP contribution in [0.5, 0.6) is 0 Å². The number of imidazole rings is 3. The lowest BCUT2D eigenvalue weighted by Gasteiger charge is -2.40. The highest BCUT2D eigenvalue weighted by Crippen LogP contribution is 2.68. The number of aromatic nitrogens is 14. The van der Waals surface area contributed by atoms with Gasteiger partial charge in [-0.25, -0.2) is 66.7 Å². The average Bonchev–Trinajstić information content (AvgIpc) is 1.61. The van der Waals surface area contributed by atoms with E-state index in [0.29, 0.717) is 0 Å². The Morgan fingerprint density at radius 3 is 1.51 bits per heavy atom. The van der Waals surface area contributed by atoms with Gasteiger partial charge in [0.1, 0.15) is 96.9 Å². The first-order valence-corrected chi connectivity index (χ1v) is 43.5. The van der Waals surface area contributed by atoms with Crippen molar-refractivity contribution >= 4 is 106 Å². The van der Waals surface area contributed by atoms with Crippen molar-refractivity contribution in [1.82, 2.24) is 63.1 Å². The Labute approximate surface area is 607 Å². The second-order valence-electron chi connectivity index (χ2n) is 26.1. The third-order valence-corrected chi connectivity index (χ3v) is 28.9. The van der Waals surface area contributed by atoms with E-state index in [-0.39, 0.29) is 51.1 Å². The van der Waals surface area contributed by atoms with Gasteiger partial charge in [0.25, 0.3) is 17.1 Å². The maximum atomic E-state index is 14.5. The first-order valence-electron chi connectivity index (χ1n) is 31.5. The second-order valence-corrected chi connectivity index (χ2v) is 39.5. The summed E-state index contributed by atoms with van der Waals surface area (Å²) in [5, 5.41) is 21.4. The normalized spacial score (nSPS) is 29.4. The maximum Gasteiger partial charge on any atom is 0.490 e. The summed E-state index contributed by atoms with van der Waals surface area (Å²) in [5.41, 5.74) is 9.44. The molecule has 11 rings (SSSR count). The predicted octanol–water partition coefficient (Wildman–Crippen LogP) is -1.41. The summed E-state index contributed by atoms with van der Waals surface area (Å²) in [6.45, 7) is 4.20. The molecule has 7 aromatic heterocycles. The van der Waals surface area contributed by atoms with Crippen LogP contribution in [0.2, 0.25) is 18.1 Å². The summed E-state index contributed by atoms with van der Waals surface area (Å²) in [7, 11) is -31.9. The summed E-state index contributed by atoms with van der Waals surface area (Å²) in [4.78, 5) is 150. The van der Waals surface area contributed by atoms with Crippen molar-refractivity contribution in [2.45, 2.75) is 137 Å². The molecular formula is C50H76N17O34P6Si+. The number of ether oxygens (including phenoxy) is 6. The quantitative estimate of drug-likeness (QED) is 0.0135. The zero-order valence-corrected chi connectivity index (χ0v) is 64.4. The molecular weight excluding hydrogens is 1600 g/mol. The molecule has 4 fully saturated rings. The largest absolute Gasteiger partial charge is 0.490 e. The second kappa shape index (κ2) is 31.2. The van der Waals surface area contributed by atoms with Crippen molar-refractivity contribution in [3.05, 3.63) is 75.1 Å². The van der Waals surface area contributed by atoms with Crippen LogP contribution < -0.4 is 37.7 Å². The molecule has 21 atom stereocenters. The molecule has 0 radical (unpaired) electrons. The number of nitrogens with zero attached hydrogens (tertiary/aromatic N) is 13. The van der Waals surface area contributed by atoms with Crippen molar-refractivity contribution in [2.24, 2.45) is 7.05 Å². The monoisotopic (exact) mass is 1670 g/mol. The lowest BCUT2D eigenvalue weighted by molar-refractivity contribution is -0.745. The number of hydrogen-bond donors (Lipinski definition) is 13. The summed E-state index contributed by atoms with van der Waals surface area (Å²) >= 11 is 0. The van der Waals surface area contributed by atoms with Gasteiger partial charge < -0.3 is 93.7 Å². The van der Waals surface area contributed by atoms with E-state index in [4.69, 9.17) is 76.0 Å². The van der Waals surface area contributed by atoms with Gasteiger partial charge in [-0.3, -0.25) is 69.5 Å². The Morgan fingerprint density at radius 1 is 0.602 bits per heavy atom. The van der Waals surface area contributed by atoms with Gasteiger partial charge in [0.15, 0.2) is 56.3 Å². The molecule has 0 bridgehead atoms. The molecule has 4 aliphatic rings. The number of rotatable bonds is 31. The number of hydrogen-bond acceptors (Lipinski definition) is 37. The van der Waals surface area contributed by atoms with Crippen LogP contribution in [-0.4, -0.2) is 244 Å². The van der Waals surface area contributed by atoms with Gasteiger partial charge in [-0.15, -0.1) is 0 Å². The Bertz CT molecular complexity index is 4980. The number of methoxy groups -OCH3 is 2. The van der Waals surface area contributed by atoms with Crippen LogP contribution in [0.3, 0.4) is 0 Å². The standard InChI is InChI=1S/C50H75N17O34P6Si/c1-50(2,3)108(9,10)99-37-34(96-102(73,74)75)25(95-47(37)66-20-58-28-39(52)54-18-56-41(28)66)15-89-104(78,79)97-32-23(93-45(35(32)86-7)64-12-11-26(68)59-49(64)72)14-88-103(76,77)98-33-24(94-46(36(33)87-8)65-19-57-27-38(51)53-17-55-40(27)65)16-91-106(82,83)101-107(84,85)100-105(80,81)90-13-22-30(69)31(70)44(92-22)67-21-63(6)29-42(67)60-48(62(4)5)61-43(29)71/h11-12,17-25,30-37,44-47,69-70H,13-16H2,1-10H3,(H12-,51,52,53,54,55,56,59,60,61,68,71,72,73,74,75,76,77,78,79,80,81,82,83,84,85)/p+1/t22-,23-,24-,25-,30-,31-,32-,33-,34-,35-,36-,37-,44-,45-,46-,47-/m1/s1. The van der Waals surface area contributed by atoms with Crippen LogP contribution in [0, 0.1) is 0 Å². The summed E-state index contributed by atoms with van der Waals surface area (Å²) in [5.74, 6) is -0.138. The Balaban J connectivity index is 0.806. The van der Waals surface area contributed by atoms with Gasteiger partial charge in [0.2, 0.25) is 11.7 Å². The number of aliphatic hydroxyl groups excluding tert-OH is 2. The molecule has 4 aliphatic heterocycles. The number of fused-ring (bicyclic) bond motifs is 3. The van der Waals surface area contributed by atoms with Gasteiger partial charge in [0.05, 0.1) is 46.1 Å². The smallest absolute Gasteiger partial charge is 0.407 e. The number of aryl methyl sites for hydroxylation is 1. The van der Waals surface area contributed by atoms with Crippen molar-refractivity contribution < 1.29 is 150 Å². The zero-order valence-electron chi connectivity index (χ0n) is 58.0. The number of phosphoric ester groups is 5. The lowest BCUT2D eigenvalue weighted by atomic mass is 10.1. The molecule has 0 saturated carbocycles. The first kappa shape index (κ1) is 83.1. The number of nitrogen functional groups attached to an aromatic ring is 2. The first-order chi connectivity index (χ1) is 50.2. The minimum absolute atomic E-state index is 0.00440. The molecule has 0 amide bonds. The molecule has 15 N–H and O–H groups in total. The number of nitrogens with two attached hydrogens (primary N) is 2. The fourth-order valence-corrected chi connectivity index (χ4v) is 19.0. The van der Waals surface area contributed by atoms with E-state index in [1.54, 1.807) is 27.2 Å². The summed E-state index contributed by atoms with van der Waals surface area (Å²) in [6.07, 6.45) is -21.9. The van der Waals surface area contributed by atoms with E-state index in [0.717, 1.165) is 54.6 Å². The van der Waals surface area contributed by atoms with Gasteiger partial charge in [-0.1, -0.05) is 25.8 Å². The molecule has 598 valence electrons. The summed E-state index contributed by atoms with van der Waals surface area (Å²) in [6, 6.07) is 0.872. The fraction of sp³-hybridized carbons (Fsp3) is 0.620. The highest BCUT2D eigenvalue weighted by atomic mass is 31.3. The molecule has 11 heterocycles. The number of anilines is 3. The van der Waals surface area contributed by atoms with E-state index >= 15 is 0 Å². The van der Waals surface area contributed by atoms with Crippen LogP contribution >= 0.6 is 46.9 Å². The molecule has 5 unspecified atom stereocenters. The predicted molar refractivity (Wildman–Crippen MR) is 360 cm³/mol. The van der Waals surface area contributed by atoms with Gasteiger partial charge in [-0.2, -0.15) is 8.62 Å². The molecule has 51 nitrogen and oxygen atoms in total. The number of H-pyrrole nitrogens is 2. The third kappa shape index (κ3) is 17.9. The zero-order chi connectivity index (χ0) is 79.1. The molecule has 4 saturated heterocycles. The maximum absolute atomic E-state index is 14.5. The van der Waals surface area contributed by atoms with Crippen molar-refractivity contribution in [1.29, 1.82) is 0 Å². The third-order valence-electron chi connectivity index (χ3n) is 17.7. The van der Waals surface area contributed by atoms with E-state index < -0.39 is 202 Å². The van der Waals surface area contributed by atoms with Crippen LogP contribution in [0.4, 0.5) is 17.6 Å². The average molecular weight is 1670 g/mol. The topological polar surface area (TPSA) is 684 Å². The van der Waals surface area contributed by atoms with Crippen molar-refractivity contribution in [3.63, 3.8) is 0 Å². The number of nitrogens with one attached hydrogen (secondary N) is 2. The van der Waals surface area contributed by atoms with Crippen molar-refractivity contribution in [2.75, 3.05) is 71.1 Å². The molecule has 0 aromatic carbocycles. The molecule has 0 spiro atoms. The van der Waals surface area contributed by atoms with Gasteiger partial charge in [0, 0.05) is 40.6 Å². The summed E-state index contributed by atoms with van der Waals surface area (Å²) < 4.78 is 176. The van der Waals surface area contributed by atoms with Gasteiger partial charge in [-0.05, 0) is 18.1 Å². The number of phosphoric acid groups is 6. The van der Waals surface area contributed by atoms with E-state index in [1.807, 2.05) is 25.8 Å². The minimum Gasteiger partial charge on any atom is -0.407 e. The Kier molecular flexibility index (Phi) is 24.0. The SMILES string of the molecule is CO[C@@H]1[C@H](OP(=O)(O)OC[C@H]2O[C@@H](n3cnc4c(N)ncnc43)[C@H](O[Si](C)(C)C(C)(C)C)[C@@H]2OP(=O)(O)O)[C@@H](COP(=O)(O)O[C@H]2[C@@H](OC)[C@H](n3cnc4c(N)ncnc43)O[C@@H]2COP(=O)(O)OP(=O)(O)OP(=O)(O)OC[C@H]2O[C@@H]([n+]3cn(C)c4c(=O)[nH]c(N(C)C)nc43)[C@H](O)[C@@H]2O)O[C@H]1n1ccc(=O)[nH]c1=O. The van der Waals surface area contributed by atoms with Gasteiger partial charge >= 0.3 is 58.3 Å². The minimum atomic E-state index is -6.34. The highest BCUT2D eigenvalue weighted by Gasteiger charge is 2.58. The molecule has 58 heteroatoms. The Hall–Kier alpha value is -5.87. The van der Waals surface area contributed by atoms with Crippen molar-refractivity contribution in [3.8, 4) is 0 Å². The van der Waals surface area contributed by atoms with E-state index in [1.165, 1.54) is 38.3 Å². The van der Waals surface area contributed by atoms with Crippen LogP contribution in [0.25, 0.3) is 33.5 Å². The number of aliphatic hydroxyl groups is 2. The van der Waals surface area contributed by atoms with E-state index in [2.05, 4.69) is 48.5 Å². The van der Waals surface area contributed by atoms with Crippen LogP contribution in [0.1, 0.15) is 45.7 Å².